The van der Waals surface area contributed by atoms with Crippen LogP contribution in [0.3, 0.4) is 0 Å². The normalized spacial score (nSPS) is 9.94. The van der Waals surface area contributed by atoms with Gasteiger partial charge in [0.25, 0.3) is 0 Å². The number of esters is 2. The number of hydrogen-bond acceptors (Lipinski definition) is 6. The molecule has 0 heterocycles. The molecule has 98 valence electrons. The van der Waals surface area contributed by atoms with Crippen molar-refractivity contribution >= 4 is 29.4 Å². The van der Waals surface area contributed by atoms with Gasteiger partial charge in [0.05, 0.1) is 25.5 Å². The number of carbonyl (C=O) groups excluding carboxylic acids is 2. The molecular formula is C12H15NO4S. The van der Waals surface area contributed by atoms with Crippen molar-refractivity contribution in [1.29, 1.82) is 0 Å². The molecule has 0 fully saturated rings. The number of methoxy groups -OCH3 is 2. The zero-order valence-electron chi connectivity index (χ0n) is 10.5. The third-order valence-electron chi connectivity index (χ3n) is 2.35. The Kier molecular flexibility index (Phi) is 5.03. The number of carbonyl (C=O) groups is 2. The first kappa shape index (κ1) is 14.4. The van der Waals surface area contributed by atoms with E-state index in [1.165, 1.54) is 26.0 Å². The molecule has 6 heteroatoms. The van der Waals surface area contributed by atoms with Gasteiger partial charge >= 0.3 is 11.9 Å². The van der Waals surface area contributed by atoms with Gasteiger partial charge < -0.3 is 15.2 Å². The van der Waals surface area contributed by atoms with Crippen molar-refractivity contribution in [2.75, 3.05) is 25.7 Å². The van der Waals surface area contributed by atoms with E-state index in [-0.39, 0.29) is 11.7 Å². The molecule has 0 atom stereocenters. The minimum Gasteiger partial charge on any atom is -0.468 e. The Bertz CT molecular complexity index is 473. The molecule has 0 spiro atoms. The second-order valence-electron chi connectivity index (χ2n) is 3.56. The maximum absolute atomic E-state index is 11.5. The summed E-state index contributed by atoms with van der Waals surface area (Å²) in [6.07, 6.45) is 0. The largest absolute Gasteiger partial charge is 0.468 e. The van der Waals surface area contributed by atoms with Crippen LogP contribution >= 0.6 is 11.8 Å². The zero-order chi connectivity index (χ0) is 13.7. The molecule has 0 saturated heterocycles. The molecule has 5 nitrogen and oxygen atoms in total. The molecule has 0 amide bonds. The molecule has 0 aliphatic rings. The van der Waals surface area contributed by atoms with Gasteiger partial charge in [-0.05, 0) is 24.6 Å². The van der Waals surface area contributed by atoms with E-state index >= 15 is 0 Å². The van der Waals surface area contributed by atoms with E-state index in [1.807, 2.05) is 6.07 Å². The van der Waals surface area contributed by atoms with Crippen molar-refractivity contribution < 1.29 is 19.1 Å². The van der Waals surface area contributed by atoms with Crippen LogP contribution in [0.25, 0.3) is 0 Å². The second-order valence-corrected chi connectivity index (χ2v) is 4.61. The molecule has 2 N–H and O–H groups in total. The molecule has 18 heavy (non-hydrogen) atoms. The van der Waals surface area contributed by atoms with Crippen molar-refractivity contribution in [3.63, 3.8) is 0 Å². The maximum atomic E-state index is 11.5. The lowest BCUT2D eigenvalue weighted by atomic mass is 10.1. The number of nitrogens with two attached hydrogens (primary N) is 1. The van der Waals surface area contributed by atoms with Crippen LogP contribution < -0.4 is 5.73 Å². The standard InChI is InChI=1S/C12H15NO4S/c1-7-4-8(18-6-10(14)16-2)5-9(11(7)13)12(15)17-3/h4-5H,6,13H2,1-3H3. The molecule has 0 bridgehead atoms. The molecule has 0 saturated carbocycles. The second kappa shape index (κ2) is 6.30. The summed E-state index contributed by atoms with van der Waals surface area (Å²) in [5, 5.41) is 0. The summed E-state index contributed by atoms with van der Waals surface area (Å²) in [4.78, 5) is 23.4. The minimum absolute atomic E-state index is 0.181. The van der Waals surface area contributed by atoms with Crippen molar-refractivity contribution in [3.8, 4) is 0 Å². The Morgan fingerprint density at radius 1 is 1.28 bits per heavy atom. The average Bonchev–Trinajstić information content (AvgIpc) is 2.38. The van der Waals surface area contributed by atoms with Gasteiger partial charge in [0.2, 0.25) is 0 Å². The van der Waals surface area contributed by atoms with Gasteiger partial charge in [-0.15, -0.1) is 11.8 Å². The van der Waals surface area contributed by atoms with Crippen LogP contribution in [0, 0.1) is 6.92 Å². The molecule has 0 aliphatic heterocycles. The Morgan fingerprint density at radius 3 is 2.50 bits per heavy atom. The maximum Gasteiger partial charge on any atom is 0.340 e. The quantitative estimate of drug-likeness (QED) is 0.508. The first-order chi connectivity index (χ1) is 8.49. The SMILES string of the molecule is COC(=O)CSc1cc(C)c(N)c(C(=O)OC)c1. The fourth-order valence-electron chi connectivity index (χ4n) is 1.33. The van der Waals surface area contributed by atoms with E-state index in [1.54, 1.807) is 13.0 Å². The van der Waals surface area contributed by atoms with Crippen molar-refractivity contribution in [1.82, 2.24) is 0 Å². The topological polar surface area (TPSA) is 78.6 Å². The Labute approximate surface area is 110 Å². The van der Waals surface area contributed by atoms with Gasteiger partial charge in [0.15, 0.2) is 0 Å². The van der Waals surface area contributed by atoms with Crippen LogP contribution in [0.4, 0.5) is 5.69 Å². The molecule has 1 aromatic rings. The number of rotatable bonds is 4. The summed E-state index contributed by atoms with van der Waals surface area (Å²) in [6, 6.07) is 3.43. The highest BCUT2D eigenvalue weighted by Crippen LogP contribution is 2.27. The van der Waals surface area contributed by atoms with Crippen LogP contribution in [-0.2, 0) is 14.3 Å². The van der Waals surface area contributed by atoms with E-state index in [2.05, 4.69) is 9.47 Å². The monoisotopic (exact) mass is 269 g/mol. The minimum atomic E-state index is -0.490. The number of hydrogen-bond donors (Lipinski definition) is 1. The molecule has 1 aromatic carbocycles. The number of anilines is 1. The van der Waals surface area contributed by atoms with E-state index in [9.17, 15) is 9.59 Å². The smallest absolute Gasteiger partial charge is 0.340 e. The van der Waals surface area contributed by atoms with Crippen LogP contribution in [-0.4, -0.2) is 31.9 Å². The number of aryl methyl sites for hydroxylation is 1. The summed E-state index contributed by atoms with van der Waals surface area (Å²) >= 11 is 1.28. The lowest BCUT2D eigenvalue weighted by Gasteiger charge is -2.09. The van der Waals surface area contributed by atoms with Crippen molar-refractivity contribution in [2.24, 2.45) is 0 Å². The zero-order valence-corrected chi connectivity index (χ0v) is 11.3. The van der Waals surface area contributed by atoms with E-state index < -0.39 is 5.97 Å². The van der Waals surface area contributed by atoms with Crippen molar-refractivity contribution in [2.45, 2.75) is 11.8 Å². The lowest BCUT2D eigenvalue weighted by molar-refractivity contribution is -0.137. The van der Waals surface area contributed by atoms with Crippen LogP contribution in [0.2, 0.25) is 0 Å². The molecule has 1 rings (SSSR count). The third kappa shape index (κ3) is 3.40. The summed E-state index contributed by atoms with van der Waals surface area (Å²) in [6.45, 7) is 1.80. The van der Waals surface area contributed by atoms with Gasteiger partial charge in [0, 0.05) is 10.6 Å². The van der Waals surface area contributed by atoms with Crippen LogP contribution in [0.15, 0.2) is 17.0 Å². The van der Waals surface area contributed by atoms with Gasteiger partial charge in [-0.25, -0.2) is 4.79 Å². The van der Waals surface area contributed by atoms with Crippen LogP contribution in [0.1, 0.15) is 15.9 Å². The highest BCUT2D eigenvalue weighted by atomic mass is 32.2. The predicted octanol–water partition coefficient (Wildman–Crippen LogP) is 1.63. The van der Waals surface area contributed by atoms with Crippen molar-refractivity contribution in [3.05, 3.63) is 23.3 Å². The average molecular weight is 269 g/mol. The molecule has 0 aromatic heterocycles. The van der Waals surface area contributed by atoms with Gasteiger partial charge in [-0.3, -0.25) is 4.79 Å². The third-order valence-corrected chi connectivity index (χ3v) is 3.30. The summed E-state index contributed by atoms with van der Waals surface area (Å²) < 4.78 is 9.20. The summed E-state index contributed by atoms with van der Waals surface area (Å²) in [7, 11) is 2.63. The fraction of sp³-hybridized carbons (Fsp3) is 0.333. The number of nitrogen functional groups attached to an aromatic ring is 1. The van der Waals surface area contributed by atoms with Gasteiger partial charge in [-0.2, -0.15) is 0 Å². The summed E-state index contributed by atoms with van der Waals surface area (Å²) in [5.41, 5.74) is 7.28. The van der Waals surface area contributed by atoms with Gasteiger partial charge in [-0.1, -0.05) is 0 Å². The molecule has 0 unspecified atom stereocenters. The Morgan fingerprint density at radius 2 is 1.94 bits per heavy atom. The molecular weight excluding hydrogens is 254 g/mol. The number of ether oxygens (including phenoxy) is 2. The Hall–Kier alpha value is -1.69. The molecule has 0 radical (unpaired) electrons. The highest BCUT2D eigenvalue weighted by Gasteiger charge is 2.14. The van der Waals surface area contributed by atoms with E-state index in [0.717, 1.165) is 10.5 Å². The van der Waals surface area contributed by atoms with E-state index in [0.29, 0.717) is 11.3 Å². The Balaban J connectivity index is 2.97. The summed E-state index contributed by atoms with van der Waals surface area (Å²) in [5.74, 6) is -0.634. The van der Waals surface area contributed by atoms with Crippen LogP contribution in [0.5, 0.6) is 0 Å². The van der Waals surface area contributed by atoms with E-state index in [4.69, 9.17) is 5.73 Å². The van der Waals surface area contributed by atoms with Gasteiger partial charge in [0.1, 0.15) is 0 Å². The predicted molar refractivity (Wildman–Crippen MR) is 69.7 cm³/mol. The lowest BCUT2D eigenvalue weighted by Crippen LogP contribution is -2.08. The first-order valence-corrected chi connectivity index (χ1v) is 6.16. The number of benzene rings is 1. The first-order valence-electron chi connectivity index (χ1n) is 5.17. The highest BCUT2D eigenvalue weighted by molar-refractivity contribution is 8.00. The fourth-order valence-corrected chi connectivity index (χ4v) is 2.19. The molecule has 0 aliphatic carbocycles. The number of thioether (sulfide) groups is 1.